The summed E-state index contributed by atoms with van der Waals surface area (Å²) in [6, 6.07) is 5.05. The Labute approximate surface area is 112 Å². The van der Waals surface area contributed by atoms with Crippen molar-refractivity contribution in [3.8, 4) is 5.75 Å². The van der Waals surface area contributed by atoms with Crippen LogP contribution in [0.2, 0.25) is 0 Å². The molecule has 3 N–H and O–H groups in total. The van der Waals surface area contributed by atoms with E-state index in [0.29, 0.717) is 23.7 Å². The largest absolute Gasteiger partial charge is 0.497 e. The molecular weight excluding hydrogens is 248 g/mol. The van der Waals surface area contributed by atoms with E-state index in [4.69, 9.17) is 19.9 Å². The van der Waals surface area contributed by atoms with E-state index in [9.17, 15) is 4.79 Å². The van der Waals surface area contributed by atoms with Gasteiger partial charge in [0.25, 0.3) is 0 Å². The third-order valence-corrected chi connectivity index (χ3v) is 2.43. The summed E-state index contributed by atoms with van der Waals surface area (Å²) in [4.78, 5) is 11.7. The van der Waals surface area contributed by atoms with Gasteiger partial charge in [-0.2, -0.15) is 0 Å². The van der Waals surface area contributed by atoms with Crippen LogP contribution in [0.1, 0.15) is 6.92 Å². The molecule has 0 fully saturated rings. The van der Waals surface area contributed by atoms with Gasteiger partial charge in [-0.25, -0.2) is 0 Å². The van der Waals surface area contributed by atoms with Crippen molar-refractivity contribution in [1.29, 1.82) is 0 Å². The lowest BCUT2D eigenvalue weighted by atomic mass is 10.2. The fourth-order valence-electron chi connectivity index (χ4n) is 1.47. The lowest BCUT2D eigenvalue weighted by Crippen LogP contribution is -2.24. The molecule has 1 aromatic rings. The van der Waals surface area contributed by atoms with Gasteiger partial charge in [0.15, 0.2) is 0 Å². The zero-order chi connectivity index (χ0) is 14.3. The number of hydrogen-bond donors (Lipinski definition) is 2. The number of hydrogen-bond acceptors (Lipinski definition) is 5. The Kier molecular flexibility index (Phi) is 6.11. The zero-order valence-corrected chi connectivity index (χ0v) is 11.4. The van der Waals surface area contributed by atoms with Crippen molar-refractivity contribution >= 4 is 17.3 Å². The molecule has 0 heterocycles. The monoisotopic (exact) mass is 268 g/mol. The van der Waals surface area contributed by atoms with E-state index in [-0.39, 0.29) is 18.6 Å². The highest BCUT2D eigenvalue weighted by atomic mass is 16.5. The first-order valence-electron chi connectivity index (χ1n) is 5.90. The maximum Gasteiger partial charge on any atom is 0.250 e. The number of nitrogen functional groups attached to an aromatic ring is 1. The smallest absolute Gasteiger partial charge is 0.250 e. The van der Waals surface area contributed by atoms with Crippen LogP contribution in [0, 0.1) is 0 Å². The second-order valence-electron chi connectivity index (χ2n) is 4.08. The predicted molar refractivity (Wildman–Crippen MR) is 73.3 cm³/mol. The number of benzene rings is 1. The van der Waals surface area contributed by atoms with E-state index < -0.39 is 0 Å². The molecule has 1 atom stereocenters. The van der Waals surface area contributed by atoms with Gasteiger partial charge in [-0.15, -0.1) is 0 Å². The van der Waals surface area contributed by atoms with Crippen LogP contribution in [0.25, 0.3) is 0 Å². The maximum absolute atomic E-state index is 11.7. The molecule has 0 bridgehead atoms. The molecule has 0 radical (unpaired) electrons. The lowest BCUT2D eigenvalue weighted by Gasteiger charge is -2.13. The number of carbonyl (C=O) groups is 1. The van der Waals surface area contributed by atoms with Gasteiger partial charge in [-0.1, -0.05) is 0 Å². The van der Waals surface area contributed by atoms with Gasteiger partial charge in [-0.3, -0.25) is 4.79 Å². The van der Waals surface area contributed by atoms with Crippen LogP contribution in [0.5, 0.6) is 5.75 Å². The number of rotatable bonds is 7. The van der Waals surface area contributed by atoms with E-state index in [1.54, 1.807) is 32.4 Å². The molecule has 1 unspecified atom stereocenters. The van der Waals surface area contributed by atoms with Crippen molar-refractivity contribution in [3.63, 3.8) is 0 Å². The lowest BCUT2D eigenvalue weighted by molar-refractivity contribution is -0.123. The van der Waals surface area contributed by atoms with Crippen molar-refractivity contribution in [2.75, 3.05) is 38.5 Å². The molecule has 0 aliphatic rings. The molecule has 0 spiro atoms. The number of nitrogens with one attached hydrogen (secondary N) is 1. The second kappa shape index (κ2) is 7.60. The van der Waals surface area contributed by atoms with Gasteiger partial charge in [0.05, 0.1) is 31.2 Å². The van der Waals surface area contributed by atoms with Crippen LogP contribution in [0.15, 0.2) is 18.2 Å². The molecule has 106 valence electrons. The Bertz CT molecular complexity index is 423. The van der Waals surface area contributed by atoms with Crippen molar-refractivity contribution in [2.24, 2.45) is 0 Å². The first-order chi connectivity index (χ1) is 9.06. The van der Waals surface area contributed by atoms with Crippen LogP contribution in [-0.2, 0) is 14.3 Å². The SMILES string of the molecule is COCC(C)OCC(=O)Nc1ccc(OC)cc1N. The van der Waals surface area contributed by atoms with Crippen molar-refractivity contribution in [2.45, 2.75) is 13.0 Å². The topological polar surface area (TPSA) is 82.8 Å². The summed E-state index contributed by atoms with van der Waals surface area (Å²) in [7, 11) is 3.13. The molecule has 19 heavy (non-hydrogen) atoms. The number of amides is 1. The Hall–Kier alpha value is -1.79. The molecule has 0 saturated heterocycles. The van der Waals surface area contributed by atoms with Gasteiger partial charge < -0.3 is 25.3 Å². The van der Waals surface area contributed by atoms with Gasteiger partial charge in [0.1, 0.15) is 12.4 Å². The summed E-state index contributed by atoms with van der Waals surface area (Å²) in [6.07, 6.45) is -0.135. The van der Waals surface area contributed by atoms with Crippen molar-refractivity contribution in [1.82, 2.24) is 0 Å². The van der Waals surface area contributed by atoms with Gasteiger partial charge >= 0.3 is 0 Å². The molecule has 1 amide bonds. The number of methoxy groups -OCH3 is 2. The van der Waals surface area contributed by atoms with Crippen LogP contribution < -0.4 is 15.8 Å². The quantitative estimate of drug-likeness (QED) is 0.728. The summed E-state index contributed by atoms with van der Waals surface area (Å²) in [5, 5.41) is 2.67. The molecule has 6 heteroatoms. The molecule has 0 saturated carbocycles. The summed E-state index contributed by atoms with van der Waals surface area (Å²) in [6.45, 7) is 2.23. The maximum atomic E-state index is 11.7. The van der Waals surface area contributed by atoms with Gasteiger partial charge in [0.2, 0.25) is 5.91 Å². The molecule has 1 aromatic carbocycles. The second-order valence-corrected chi connectivity index (χ2v) is 4.08. The van der Waals surface area contributed by atoms with E-state index in [1.165, 1.54) is 0 Å². The zero-order valence-electron chi connectivity index (χ0n) is 11.4. The normalized spacial score (nSPS) is 11.9. The molecule has 1 rings (SSSR count). The summed E-state index contributed by atoms with van der Waals surface area (Å²) >= 11 is 0. The third kappa shape index (κ3) is 5.15. The van der Waals surface area contributed by atoms with E-state index in [1.807, 2.05) is 6.92 Å². The molecule has 0 aliphatic heterocycles. The predicted octanol–water partition coefficient (Wildman–Crippen LogP) is 1.27. The highest BCUT2D eigenvalue weighted by molar-refractivity contribution is 5.94. The highest BCUT2D eigenvalue weighted by Crippen LogP contribution is 2.23. The Balaban J connectivity index is 2.48. The average Bonchev–Trinajstić information content (AvgIpc) is 2.39. The minimum atomic E-state index is -0.264. The van der Waals surface area contributed by atoms with Crippen LogP contribution in [-0.4, -0.2) is 39.4 Å². The van der Waals surface area contributed by atoms with E-state index >= 15 is 0 Å². The number of nitrogens with two attached hydrogens (primary N) is 1. The van der Waals surface area contributed by atoms with Crippen molar-refractivity contribution < 1.29 is 19.0 Å². The fourth-order valence-corrected chi connectivity index (χ4v) is 1.47. The summed E-state index contributed by atoms with van der Waals surface area (Å²) in [5.41, 5.74) is 6.77. The Morgan fingerprint density at radius 3 is 2.74 bits per heavy atom. The first kappa shape index (κ1) is 15.3. The number of carbonyl (C=O) groups excluding carboxylic acids is 1. The molecule has 0 aliphatic carbocycles. The van der Waals surface area contributed by atoms with Crippen molar-refractivity contribution in [3.05, 3.63) is 18.2 Å². The number of ether oxygens (including phenoxy) is 3. The van der Waals surface area contributed by atoms with E-state index in [2.05, 4.69) is 5.32 Å². The summed E-state index contributed by atoms with van der Waals surface area (Å²) < 4.78 is 15.2. The van der Waals surface area contributed by atoms with Crippen LogP contribution >= 0.6 is 0 Å². The summed E-state index contributed by atoms with van der Waals surface area (Å²) in [5.74, 6) is 0.375. The molecule has 6 nitrogen and oxygen atoms in total. The first-order valence-corrected chi connectivity index (χ1v) is 5.90. The highest BCUT2D eigenvalue weighted by Gasteiger charge is 2.09. The minimum absolute atomic E-state index is 0.0456. The van der Waals surface area contributed by atoms with Crippen LogP contribution in [0.3, 0.4) is 0 Å². The Morgan fingerprint density at radius 1 is 1.42 bits per heavy atom. The Morgan fingerprint density at radius 2 is 2.16 bits per heavy atom. The average molecular weight is 268 g/mol. The molecular formula is C13H20N2O4. The third-order valence-electron chi connectivity index (χ3n) is 2.43. The fraction of sp³-hybridized carbons (Fsp3) is 0.462. The standard InChI is InChI=1S/C13H20N2O4/c1-9(7-17-2)19-8-13(16)15-12-5-4-10(18-3)6-11(12)14/h4-6,9H,7-8,14H2,1-3H3,(H,15,16). The van der Waals surface area contributed by atoms with Crippen LogP contribution in [0.4, 0.5) is 11.4 Å². The molecule has 0 aromatic heterocycles. The van der Waals surface area contributed by atoms with Gasteiger partial charge in [-0.05, 0) is 19.1 Å². The van der Waals surface area contributed by atoms with Gasteiger partial charge in [0, 0.05) is 13.2 Å². The minimum Gasteiger partial charge on any atom is -0.497 e. The van der Waals surface area contributed by atoms with E-state index in [0.717, 1.165) is 0 Å². The number of anilines is 2.